The second-order valence-corrected chi connectivity index (χ2v) is 8.78. The number of aryl methyl sites for hydroxylation is 2. The molecule has 0 atom stereocenters. The van der Waals surface area contributed by atoms with Gasteiger partial charge in [0, 0.05) is 33.3 Å². The van der Waals surface area contributed by atoms with Crippen LogP contribution in [0.2, 0.25) is 0 Å². The van der Waals surface area contributed by atoms with Gasteiger partial charge in [-0.25, -0.2) is 0 Å². The van der Waals surface area contributed by atoms with E-state index in [0.717, 1.165) is 63.2 Å². The summed E-state index contributed by atoms with van der Waals surface area (Å²) in [5.41, 5.74) is 8.36. The quantitative estimate of drug-likeness (QED) is 0.444. The van der Waals surface area contributed by atoms with Gasteiger partial charge in [0.15, 0.2) is 0 Å². The largest absolute Gasteiger partial charge is 0.461 e. The lowest BCUT2D eigenvalue weighted by Crippen LogP contribution is -2.03. The number of benzene rings is 2. The zero-order chi connectivity index (χ0) is 20.1. The van der Waals surface area contributed by atoms with E-state index in [0.29, 0.717) is 5.57 Å². The van der Waals surface area contributed by atoms with E-state index < -0.39 is 0 Å². The Morgan fingerprint density at radius 3 is 2.55 bits per heavy atom. The molecule has 0 saturated heterocycles. The molecule has 4 heteroatoms. The minimum Gasteiger partial charge on any atom is -0.461 e. The van der Waals surface area contributed by atoms with Gasteiger partial charge in [-0.3, -0.25) is 4.79 Å². The van der Waals surface area contributed by atoms with Crippen LogP contribution in [0.4, 0.5) is 5.69 Å². The van der Waals surface area contributed by atoms with E-state index in [9.17, 15) is 4.79 Å². The van der Waals surface area contributed by atoms with Gasteiger partial charge in [0.05, 0.1) is 5.57 Å². The summed E-state index contributed by atoms with van der Waals surface area (Å²) in [6.45, 7) is 4.13. The summed E-state index contributed by atoms with van der Waals surface area (Å²) in [5, 5.41) is 2.99. The minimum atomic E-state index is -0.0783. The highest BCUT2D eigenvalue weighted by Gasteiger charge is 2.29. The predicted molar refractivity (Wildman–Crippen MR) is 121 cm³/mol. The summed E-state index contributed by atoms with van der Waals surface area (Å²) in [7, 11) is 0. The summed E-state index contributed by atoms with van der Waals surface area (Å²) in [5.74, 6) is 1.78. The third-order valence-corrected chi connectivity index (χ3v) is 6.83. The van der Waals surface area contributed by atoms with E-state index in [1.807, 2.05) is 25.1 Å². The lowest BCUT2D eigenvalue weighted by atomic mass is 9.90. The third kappa shape index (κ3) is 3.06. The number of furan rings is 1. The Kier molecular flexibility index (Phi) is 4.47. The van der Waals surface area contributed by atoms with Gasteiger partial charge in [-0.1, -0.05) is 45.8 Å². The normalized spacial score (nSPS) is 16.7. The van der Waals surface area contributed by atoms with Crippen molar-refractivity contribution in [2.75, 3.05) is 5.32 Å². The predicted octanol–water partition coefficient (Wildman–Crippen LogP) is 6.70. The third-order valence-electron chi connectivity index (χ3n) is 5.98. The molecule has 1 amide bonds. The summed E-state index contributed by atoms with van der Waals surface area (Å²) < 4.78 is 7.35. The molecule has 3 aromatic rings. The van der Waals surface area contributed by atoms with E-state index in [-0.39, 0.29) is 5.91 Å². The maximum absolute atomic E-state index is 12.8. The van der Waals surface area contributed by atoms with Gasteiger partial charge >= 0.3 is 0 Å². The summed E-state index contributed by atoms with van der Waals surface area (Å²) in [6.07, 6.45) is 6.26. The number of anilines is 1. The lowest BCUT2D eigenvalue weighted by Gasteiger charge is -2.11. The average molecular weight is 448 g/mol. The number of rotatable bonds is 2. The second-order valence-electron chi connectivity index (χ2n) is 7.92. The molecule has 1 aliphatic carbocycles. The highest BCUT2D eigenvalue weighted by atomic mass is 79.9. The number of halogens is 1. The molecule has 5 rings (SSSR count). The van der Waals surface area contributed by atoms with Crippen LogP contribution in [0.15, 0.2) is 45.3 Å². The molecule has 29 heavy (non-hydrogen) atoms. The topological polar surface area (TPSA) is 42.2 Å². The van der Waals surface area contributed by atoms with Gasteiger partial charge < -0.3 is 9.73 Å². The van der Waals surface area contributed by atoms with Crippen molar-refractivity contribution >= 4 is 39.2 Å². The van der Waals surface area contributed by atoms with E-state index in [2.05, 4.69) is 52.4 Å². The van der Waals surface area contributed by atoms with Crippen LogP contribution < -0.4 is 5.32 Å². The van der Waals surface area contributed by atoms with E-state index in [4.69, 9.17) is 4.42 Å². The molecule has 0 unspecified atom stereocenters. The molecule has 0 bridgehead atoms. The number of hydrogen-bond donors (Lipinski definition) is 1. The van der Waals surface area contributed by atoms with Gasteiger partial charge in [0.1, 0.15) is 11.5 Å². The molecule has 1 aliphatic heterocycles. The molecule has 3 nitrogen and oxygen atoms in total. The van der Waals surface area contributed by atoms with Crippen molar-refractivity contribution in [3.8, 4) is 11.1 Å². The van der Waals surface area contributed by atoms with Crippen molar-refractivity contribution in [3.05, 3.63) is 74.6 Å². The maximum Gasteiger partial charge on any atom is 0.256 e. The Bertz CT molecular complexity index is 1170. The van der Waals surface area contributed by atoms with E-state index in [1.54, 1.807) is 0 Å². The van der Waals surface area contributed by atoms with E-state index in [1.165, 1.54) is 17.5 Å². The fraction of sp³-hybridized carbons (Fsp3) is 0.240. The smallest absolute Gasteiger partial charge is 0.256 e. The molecule has 0 fully saturated rings. The van der Waals surface area contributed by atoms with Crippen molar-refractivity contribution in [2.45, 2.75) is 39.5 Å². The molecular formula is C25H22BrNO2. The van der Waals surface area contributed by atoms with Gasteiger partial charge in [0.25, 0.3) is 5.91 Å². The Hall–Kier alpha value is -2.59. The Morgan fingerprint density at radius 2 is 1.76 bits per heavy atom. The zero-order valence-corrected chi connectivity index (χ0v) is 18.2. The molecular weight excluding hydrogens is 426 g/mol. The molecule has 1 N–H and O–H groups in total. The fourth-order valence-corrected chi connectivity index (χ4v) is 4.77. The number of hydrogen-bond acceptors (Lipinski definition) is 2. The molecule has 2 heterocycles. The van der Waals surface area contributed by atoms with Gasteiger partial charge in [-0.15, -0.1) is 0 Å². The second kappa shape index (κ2) is 7.03. The average Bonchev–Trinajstić information content (AvgIpc) is 3.23. The number of nitrogens with one attached hydrogen (secondary N) is 1. The van der Waals surface area contributed by atoms with Crippen LogP contribution >= 0.6 is 15.9 Å². The molecule has 1 aromatic heterocycles. The number of fused-ring (bicyclic) bond motifs is 2. The van der Waals surface area contributed by atoms with Crippen LogP contribution in [0.5, 0.6) is 0 Å². The number of amides is 1. The summed E-state index contributed by atoms with van der Waals surface area (Å²) in [6, 6.07) is 12.5. The molecule has 2 aliphatic rings. The number of carbonyl (C=O) groups is 1. The van der Waals surface area contributed by atoms with E-state index >= 15 is 0 Å². The van der Waals surface area contributed by atoms with Crippen LogP contribution in [0.25, 0.3) is 22.8 Å². The Morgan fingerprint density at radius 1 is 1.00 bits per heavy atom. The lowest BCUT2D eigenvalue weighted by molar-refractivity contribution is -0.110. The maximum atomic E-state index is 12.8. The zero-order valence-electron chi connectivity index (χ0n) is 16.6. The molecule has 146 valence electrons. The Labute approximate surface area is 179 Å². The first-order valence-corrected chi connectivity index (χ1v) is 10.9. The molecule has 0 saturated carbocycles. The van der Waals surface area contributed by atoms with Crippen molar-refractivity contribution in [3.63, 3.8) is 0 Å². The fourth-order valence-electron chi connectivity index (χ4n) is 4.44. The van der Waals surface area contributed by atoms with Crippen molar-refractivity contribution in [2.24, 2.45) is 0 Å². The Balaban J connectivity index is 1.72. The van der Waals surface area contributed by atoms with Crippen molar-refractivity contribution in [1.82, 2.24) is 0 Å². The van der Waals surface area contributed by atoms with Crippen molar-refractivity contribution < 1.29 is 9.21 Å². The van der Waals surface area contributed by atoms with Crippen molar-refractivity contribution in [1.29, 1.82) is 0 Å². The molecule has 2 aromatic carbocycles. The first-order valence-electron chi connectivity index (χ1n) is 10.1. The first kappa shape index (κ1) is 18.4. The van der Waals surface area contributed by atoms with Crippen LogP contribution in [0, 0.1) is 13.8 Å². The highest BCUT2D eigenvalue weighted by molar-refractivity contribution is 9.10. The molecule has 0 spiro atoms. The summed E-state index contributed by atoms with van der Waals surface area (Å²) in [4.78, 5) is 12.8. The SMILES string of the molecule is Cc1ccc(-c2c(C=C3C(=O)Nc4ccc(Br)c(C)c43)oc3c2CCCC3)cc1. The van der Waals surface area contributed by atoms with Crippen LogP contribution in [-0.4, -0.2) is 5.91 Å². The summed E-state index contributed by atoms with van der Waals surface area (Å²) >= 11 is 3.60. The van der Waals surface area contributed by atoms with Crippen LogP contribution in [0.3, 0.4) is 0 Å². The standard InChI is InChI=1S/C25H22BrNO2/c1-14-7-9-16(10-8-14)24-17-5-3-4-6-21(17)29-22(24)13-18-23-15(2)19(26)11-12-20(23)27-25(18)28/h7-13H,3-6H2,1-2H3,(H,27,28). The highest BCUT2D eigenvalue weighted by Crippen LogP contribution is 2.42. The van der Waals surface area contributed by atoms with Crippen LogP contribution in [-0.2, 0) is 17.6 Å². The monoisotopic (exact) mass is 447 g/mol. The van der Waals surface area contributed by atoms with Gasteiger partial charge in [0.2, 0.25) is 0 Å². The van der Waals surface area contributed by atoms with Gasteiger partial charge in [-0.2, -0.15) is 0 Å². The number of carbonyl (C=O) groups excluding carboxylic acids is 1. The first-order chi connectivity index (χ1) is 14.0. The molecule has 0 radical (unpaired) electrons. The van der Waals surface area contributed by atoms with Gasteiger partial charge in [-0.05, 0) is 62.4 Å². The minimum absolute atomic E-state index is 0.0783. The van der Waals surface area contributed by atoms with Crippen LogP contribution in [0.1, 0.15) is 46.6 Å².